The molecule has 122 valence electrons. The van der Waals surface area contributed by atoms with Crippen LogP contribution in [0.1, 0.15) is 47.4 Å². The fourth-order valence-electron chi connectivity index (χ4n) is 0.856. The maximum atomic E-state index is 10.5. The van der Waals surface area contributed by atoms with E-state index in [1.54, 1.807) is 13.8 Å². The highest BCUT2D eigenvalue weighted by atomic mass is 16.4. The van der Waals surface area contributed by atoms with Gasteiger partial charge in [0.1, 0.15) is 0 Å². The first-order valence-corrected chi connectivity index (χ1v) is 6.16. The SMILES string of the molecule is CCC(=O)O.CCC(=O)O.O=C(O)c1ccccc1C(=O)O. The van der Waals surface area contributed by atoms with Crippen LogP contribution in [0.5, 0.6) is 0 Å². The van der Waals surface area contributed by atoms with Gasteiger partial charge in [-0.1, -0.05) is 26.0 Å². The Morgan fingerprint density at radius 3 is 1.09 bits per heavy atom. The molecule has 0 fully saturated rings. The average Bonchev–Trinajstić information content (AvgIpc) is 2.48. The van der Waals surface area contributed by atoms with E-state index in [0.29, 0.717) is 0 Å². The quantitative estimate of drug-likeness (QED) is 0.659. The number of aromatic carboxylic acids is 2. The Kier molecular flexibility index (Phi) is 11.6. The van der Waals surface area contributed by atoms with Crippen LogP contribution in [-0.2, 0) is 9.59 Å². The van der Waals surface area contributed by atoms with Gasteiger partial charge in [0.2, 0.25) is 0 Å². The number of carbonyl (C=O) groups is 4. The molecule has 0 aliphatic rings. The molecule has 0 atom stereocenters. The fraction of sp³-hybridized carbons (Fsp3) is 0.286. The largest absolute Gasteiger partial charge is 0.481 e. The average molecular weight is 314 g/mol. The Labute approximate surface area is 126 Å². The zero-order chi connectivity index (χ0) is 17.7. The molecule has 1 rings (SSSR count). The predicted molar refractivity (Wildman–Crippen MR) is 76.2 cm³/mol. The van der Waals surface area contributed by atoms with Gasteiger partial charge in [-0.15, -0.1) is 0 Å². The molecule has 1 aromatic rings. The molecular formula is C14H18O8. The lowest BCUT2D eigenvalue weighted by atomic mass is 10.1. The van der Waals surface area contributed by atoms with E-state index in [9.17, 15) is 19.2 Å². The predicted octanol–water partition coefficient (Wildman–Crippen LogP) is 2.05. The van der Waals surface area contributed by atoms with E-state index in [1.807, 2.05) is 0 Å². The molecule has 0 aliphatic heterocycles. The van der Waals surface area contributed by atoms with Crippen LogP contribution in [0.15, 0.2) is 24.3 Å². The van der Waals surface area contributed by atoms with Gasteiger partial charge in [0.25, 0.3) is 0 Å². The van der Waals surface area contributed by atoms with Crippen molar-refractivity contribution in [2.24, 2.45) is 0 Å². The van der Waals surface area contributed by atoms with Gasteiger partial charge >= 0.3 is 23.9 Å². The van der Waals surface area contributed by atoms with Gasteiger partial charge in [0.15, 0.2) is 0 Å². The van der Waals surface area contributed by atoms with Crippen molar-refractivity contribution in [1.82, 2.24) is 0 Å². The molecule has 0 aliphatic carbocycles. The third-order valence-corrected chi connectivity index (χ3v) is 1.99. The summed E-state index contributed by atoms with van der Waals surface area (Å²) in [5.74, 6) is -3.95. The van der Waals surface area contributed by atoms with Crippen molar-refractivity contribution in [1.29, 1.82) is 0 Å². The van der Waals surface area contributed by atoms with Crippen LogP contribution in [0.4, 0.5) is 0 Å². The molecule has 0 amide bonds. The van der Waals surface area contributed by atoms with Gasteiger partial charge in [-0.2, -0.15) is 0 Å². The van der Waals surface area contributed by atoms with Crippen molar-refractivity contribution in [3.8, 4) is 0 Å². The number of benzene rings is 1. The highest BCUT2D eigenvalue weighted by molar-refractivity contribution is 6.01. The molecule has 8 nitrogen and oxygen atoms in total. The van der Waals surface area contributed by atoms with Crippen LogP contribution in [0.2, 0.25) is 0 Å². The summed E-state index contributed by atoms with van der Waals surface area (Å²) in [6.07, 6.45) is 0.444. The Balaban J connectivity index is 0. The summed E-state index contributed by atoms with van der Waals surface area (Å²) >= 11 is 0. The molecule has 0 heterocycles. The molecule has 0 aromatic heterocycles. The van der Waals surface area contributed by atoms with E-state index in [-0.39, 0.29) is 24.0 Å². The van der Waals surface area contributed by atoms with Crippen molar-refractivity contribution in [2.45, 2.75) is 26.7 Å². The van der Waals surface area contributed by atoms with Crippen molar-refractivity contribution in [2.75, 3.05) is 0 Å². The number of hydrogen-bond donors (Lipinski definition) is 4. The molecular weight excluding hydrogens is 296 g/mol. The van der Waals surface area contributed by atoms with Crippen molar-refractivity contribution < 1.29 is 39.6 Å². The van der Waals surface area contributed by atoms with Gasteiger partial charge in [0, 0.05) is 12.8 Å². The summed E-state index contributed by atoms with van der Waals surface area (Å²) in [7, 11) is 0. The first kappa shape index (κ1) is 21.4. The van der Waals surface area contributed by atoms with Gasteiger partial charge in [-0.05, 0) is 12.1 Å². The molecule has 8 heteroatoms. The lowest BCUT2D eigenvalue weighted by Gasteiger charge is -1.98. The van der Waals surface area contributed by atoms with Gasteiger partial charge in [-0.3, -0.25) is 9.59 Å². The van der Waals surface area contributed by atoms with Crippen molar-refractivity contribution in [3.05, 3.63) is 35.4 Å². The second-order valence-corrected chi connectivity index (χ2v) is 3.65. The van der Waals surface area contributed by atoms with Gasteiger partial charge in [0.05, 0.1) is 11.1 Å². The molecule has 4 N–H and O–H groups in total. The van der Waals surface area contributed by atoms with E-state index >= 15 is 0 Å². The highest BCUT2D eigenvalue weighted by Crippen LogP contribution is 2.07. The fourth-order valence-corrected chi connectivity index (χ4v) is 0.856. The maximum Gasteiger partial charge on any atom is 0.336 e. The molecule has 0 unspecified atom stereocenters. The summed E-state index contributed by atoms with van der Waals surface area (Å²) < 4.78 is 0. The van der Waals surface area contributed by atoms with Gasteiger partial charge in [-0.25, -0.2) is 9.59 Å². The van der Waals surface area contributed by atoms with Crippen LogP contribution in [0.25, 0.3) is 0 Å². The Bertz CT molecular complexity index is 474. The Hall–Kier alpha value is -2.90. The Morgan fingerprint density at radius 1 is 0.727 bits per heavy atom. The summed E-state index contributed by atoms with van der Waals surface area (Å²) in [5, 5.41) is 32.5. The number of rotatable bonds is 4. The van der Waals surface area contributed by atoms with Crippen LogP contribution in [0, 0.1) is 0 Å². The number of hydrogen-bond acceptors (Lipinski definition) is 4. The van der Waals surface area contributed by atoms with Crippen LogP contribution in [-0.4, -0.2) is 44.3 Å². The summed E-state index contributed by atoms with van der Waals surface area (Å²) in [4.78, 5) is 39.7. The molecule has 0 radical (unpaired) electrons. The number of carboxylic acid groups (broad SMARTS) is 4. The third kappa shape index (κ3) is 11.0. The molecule has 1 aromatic carbocycles. The second kappa shape index (κ2) is 11.9. The second-order valence-electron chi connectivity index (χ2n) is 3.65. The summed E-state index contributed by atoms with van der Waals surface area (Å²) in [6.45, 7) is 3.20. The maximum absolute atomic E-state index is 10.5. The summed E-state index contributed by atoms with van der Waals surface area (Å²) in [6, 6.07) is 5.48. The topological polar surface area (TPSA) is 149 Å². The first-order valence-electron chi connectivity index (χ1n) is 6.16. The zero-order valence-corrected chi connectivity index (χ0v) is 12.1. The molecule has 0 saturated carbocycles. The van der Waals surface area contributed by atoms with Crippen LogP contribution < -0.4 is 0 Å². The first-order chi connectivity index (χ1) is 10.2. The number of carboxylic acids is 4. The number of aliphatic carboxylic acids is 2. The minimum absolute atomic E-state index is 0.190. The normalized spacial score (nSPS) is 8.45. The monoisotopic (exact) mass is 314 g/mol. The van der Waals surface area contributed by atoms with E-state index in [2.05, 4.69) is 0 Å². The Morgan fingerprint density at radius 2 is 0.955 bits per heavy atom. The van der Waals surface area contributed by atoms with Crippen LogP contribution in [0.3, 0.4) is 0 Å². The smallest absolute Gasteiger partial charge is 0.336 e. The molecule has 0 saturated heterocycles. The summed E-state index contributed by atoms with van der Waals surface area (Å²) in [5.41, 5.74) is -0.380. The third-order valence-electron chi connectivity index (χ3n) is 1.99. The lowest BCUT2D eigenvalue weighted by Crippen LogP contribution is -2.06. The van der Waals surface area contributed by atoms with Gasteiger partial charge < -0.3 is 20.4 Å². The standard InChI is InChI=1S/C8H6O4.2C3H6O2/c9-7(10)5-3-1-2-4-6(5)8(11)12;2*1-2-3(4)5/h1-4H,(H,9,10)(H,11,12);2*2H2,1H3,(H,4,5). The van der Waals surface area contributed by atoms with Crippen molar-refractivity contribution in [3.63, 3.8) is 0 Å². The highest BCUT2D eigenvalue weighted by Gasteiger charge is 2.13. The van der Waals surface area contributed by atoms with E-state index < -0.39 is 23.9 Å². The molecule has 22 heavy (non-hydrogen) atoms. The molecule has 0 bridgehead atoms. The zero-order valence-electron chi connectivity index (χ0n) is 12.1. The minimum Gasteiger partial charge on any atom is -0.481 e. The molecule has 0 spiro atoms. The van der Waals surface area contributed by atoms with Crippen LogP contribution >= 0.6 is 0 Å². The van der Waals surface area contributed by atoms with E-state index in [0.717, 1.165) is 0 Å². The van der Waals surface area contributed by atoms with Crippen molar-refractivity contribution >= 4 is 23.9 Å². The van der Waals surface area contributed by atoms with E-state index in [1.165, 1.54) is 24.3 Å². The lowest BCUT2D eigenvalue weighted by molar-refractivity contribution is -0.137. The van der Waals surface area contributed by atoms with E-state index in [4.69, 9.17) is 20.4 Å². The minimum atomic E-state index is -1.23.